The molecule has 2 aromatic carbocycles. The number of ether oxygens (including phenoxy) is 1. The molecular formula is C18H16N2O5. The zero-order chi connectivity index (χ0) is 18.0. The van der Waals surface area contributed by atoms with E-state index in [1.165, 1.54) is 24.3 Å². The molecule has 1 atom stereocenters. The number of anilines is 2. The number of imide groups is 1. The number of nitrogens with zero attached hydrogens (tertiary/aromatic N) is 1. The van der Waals surface area contributed by atoms with E-state index in [0.717, 1.165) is 4.90 Å². The van der Waals surface area contributed by atoms with E-state index in [1.807, 2.05) is 0 Å². The molecule has 3 rings (SSSR count). The lowest BCUT2D eigenvalue weighted by molar-refractivity contribution is -0.121. The average molecular weight is 340 g/mol. The standard InChI is InChI=1S/C18H16N2O5/c1-25-14-4-2-3-12(9-14)19-15-10-16(21)20(17(15)22)13-7-5-11(6-8-13)18(23)24/h2-9,15,19H,10H2,1H3,(H,23,24)/t15-/m1/s1. The van der Waals surface area contributed by atoms with Gasteiger partial charge in [0.2, 0.25) is 5.91 Å². The minimum absolute atomic E-state index is 0.0245. The number of carboxylic acid groups (broad SMARTS) is 1. The summed E-state index contributed by atoms with van der Waals surface area (Å²) in [5, 5.41) is 12.0. The molecule has 1 saturated heterocycles. The van der Waals surface area contributed by atoms with Gasteiger partial charge in [0.15, 0.2) is 0 Å². The molecule has 2 aromatic rings. The Morgan fingerprint density at radius 3 is 2.56 bits per heavy atom. The second kappa shape index (κ2) is 6.64. The van der Waals surface area contributed by atoms with Gasteiger partial charge in [-0.15, -0.1) is 0 Å². The maximum absolute atomic E-state index is 12.6. The number of hydrogen-bond donors (Lipinski definition) is 2. The molecule has 2 amide bonds. The van der Waals surface area contributed by atoms with E-state index in [2.05, 4.69) is 5.32 Å². The van der Waals surface area contributed by atoms with E-state index in [9.17, 15) is 14.4 Å². The SMILES string of the molecule is COc1cccc(N[C@@H]2CC(=O)N(c3ccc(C(=O)O)cc3)C2=O)c1. The fourth-order valence-electron chi connectivity index (χ4n) is 2.68. The number of carboxylic acids is 1. The van der Waals surface area contributed by atoms with Crippen LogP contribution in [-0.2, 0) is 9.59 Å². The van der Waals surface area contributed by atoms with Crippen molar-refractivity contribution in [2.45, 2.75) is 12.5 Å². The van der Waals surface area contributed by atoms with Crippen LogP contribution in [0, 0.1) is 0 Å². The first kappa shape index (κ1) is 16.5. The average Bonchev–Trinajstić information content (AvgIpc) is 2.88. The zero-order valence-corrected chi connectivity index (χ0v) is 13.4. The first-order valence-electron chi connectivity index (χ1n) is 7.60. The lowest BCUT2D eigenvalue weighted by atomic mass is 10.2. The van der Waals surface area contributed by atoms with Crippen LogP contribution >= 0.6 is 0 Å². The van der Waals surface area contributed by atoms with Gasteiger partial charge in [-0.05, 0) is 36.4 Å². The Hall–Kier alpha value is -3.35. The van der Waals surface area contributed by atoms with Crippen LogP contribution in [0.5, 0.6) is 5.75 Å². The fraction of sp³-hybridized carbons (Fsp3) is 0.167. The largest absolute Gasteiger partial charge is 0.497 e. The number of benzene rings is 2. The van der Waals surface area contributed by atoms with Crippen molar-refractivity contribution in [3.63, 3.8) is 0 Å². The highest BCUT2D eigenvalue weighted by Crippen LogP contribution is 2.26. The number of amides is 2. The van der Waals surface area contributed by atoms with Crippen molar-refractivity contribution in [3.8, 4) is 5.75 Å². The van der Waals surface area contributed by atoms with E-state index in [1.54, 1.807) is 31.4 Å². The van der Waals surface area contributed by atoms with E-state index < -0.39 is 12.0 Å². The van der Waals surface area contributed by atoms with Gasteiger partial charge in [0.1, 0.15) is 11.8 Å². The molecule has 1 aliphatic rings. The summed E-state index contributed by atoms with van der Waals surface area (Å²) in [5.41, 5.74) is 1.12. The molecule has 1 fully saturated rings. The van der Waals surface area contributed by atoms with Gasteiger partial charge in [0.05, 0.1) is 24.8 Å². The summed E-state index contributed by atoms with van der Waals surface area (Å²) in [5.74, 6) is -1.14. The molecule has 1 heterocycles. The number of carbonyl (C=O) groups excluding carboxylic acids is 2. The van der Waals surface area contributed by atoms with Crippen LogP contribution in [0.1, 0.15) is 16.8 Å². The van der Waals surface area contributed by atoms with Gasteiger partial charge in [0, 0.05) is 11.8 Å². The normalized spacial score (nSPS) is 16.8. The monoisotopic (exact) mass is 340 g/mol. The molecule has 0 unspecified atom stereocenters. The number of hydrogen-bond acceptors (Lipinski definition) is 5. The zero-order valence-electron chi connectivity index (χ0n) is 13.4. The number of nitrogens with one attached hydrogen (secondary N) is 1. The Bertz CT molecular complexity index is 832. The van der Waals surface area contributed by atoms with Gasteiger partial charge in [-0.3, -0.25) is 9.59 Å². The van der Waals surface area contributed by atoms with Crippen LogP contribution in [0.3, 0.4) is 0 Å². The number of rotatable bonds is 5. The Morgan fingerprint density at radius 1 is 1.20 bits per heavy atom. The molecule has 2 N–H and O–H groups in total. The van der Waals surface area contributed by atoms with Crippen LogP contribution < -0.4 is 15.0 Å². The minimum Gasteiger partial charge on any atom is -0.497 e. The number of aromatic carboxylic acids is 1. The van der Waals surface area contributed by atoms with Crippen LogP contribution in [0.4, 0.5) is 11.4 Å². The van der Waals surface area contributed by atoms with Gasteiger partial charge in [-0.2, -0.15) is 0 Å². The third-order valence-corrected chi connectivity index (χ3v) is 3.93. The van der Waals surface area contributed by atoms with Crippen molar-refractivity contribution >= 4 is 29.2 Å². The summed E-state index contributed by atoms with van der Waals surface area (Å²) in [6.45, 7) is 0. The van der Waals surface area contributed by atoms with Gasteiger partial charge in [-0.1, -0.05) is 6.07 Å². The molecule has 0 aromatic heterocycles. The summed E-state index contributed by atoms with van der Waals surface area (Å²) < 4.78 is 5.14. The van der Waals surface area contributed by atoms with Gasteiger partial charge < -0.3 is 15.2 Å². The van der Waals surface area contributed by atoms with E-state index in [4.69, 9.17) is 9.84 Å². The Labute approximate surface area is 143 Å². The predicted molar refractivity (Wildman–Crippen MR) is 90.9 cm³/mol. The van der Waals surface area contributed by atoms with Crippen molar-refractivity contribution in [2.75, 3.05) is 17.3 Å². The predicted octanol–water partition coefficient (Wildman–Crippen LogP) is 2.14. The first-order valence-corrected chi connectivity index (χ1v) is 7.60. The number of carbonyl (C=O) groups is 3. The van der Waals surface area contributed by atoms with Gasteiger partial charge >= 0.3 is 5.97 Å². The molecular weight excluding hydrogens is 324 g/mol. The van der Waals surface area contributed by atoms with E-state index >= 15 is 0 Å². The molecule has 0 bridgehead atoms. The lowest BCUT2D eigenvalue weighted by Crippen LogP contribution is -2.34. The Kier molecular flexibility index (Phi) is 4.38. The van der Waals surface area contributed by atoms with Crippen LogP contribution in [-0.4, -0.2) is 36.0 Å². The summed E-state index contributed by atoms with van der Waals surface area (Å²) in [4.78, 5) is 36.8. The van der Waals surface area contributed by atoms with Crippen molar-refractivity contribution < 1.29 is 24.2 Å². The number of methoxy groups -OCH3 is 1. The second-order valence-corrected chi connectivity index (χ2v) is 5.55. The van der Waals surface area contributed by atoms with Crippen LogP contribution in [0.15, 0.2) is 48.5 Å². The molecule has 25 heavy (non-hydrogen) atoms. The third kappa shape index (κ3) is 3.30. The molecule has 1 aliphatic heterocycles. The maximum Gasteiger partial charge on any atom is 0.335 e. The highest BCUT2D eigenvalue weighted by atomic mass is 16.5. The second-order valence-electron chi connectivity index (χ2n) is 5.55. The topological polar surface area (TPSA) is 95.9 Å². The highest BCUT2D eigenvalue weighted by molar-refractivity contribution is 6.23. The molecule has 7 nitrogen and oxygen atoms in total. The van der Waals surface area contributed by atoms with Crippen molar-refractivity contribution in [3.05, 3.63) is 54.1 Å². The van der Waals surface area contributed by atoms with Crippen LogP contribution in [0.2, 0.25) is 0 Å². The third-order valence-electron chi connectivity index (χ3n) is 3.93. The molecule has 128 valence electrons. The van der Waals surface area contributed by atoms with Crippen molar-refractivity contribution in [2.24, 2.45) is 0 Å². The minimum atomic E-state index is -1.07. The van der Waals surface area contributed by atoms with Gasteiger partial charge in [-0.25, -0.2) is 9.69 Å². The summed E-state index contributed by atoms with van der Waals surface area (Å²) in [7, 11) is 1.55. The highest BCUT2D eigenvalue weighted by Gasteiger charge is 2.39. The molecule has 0 spiro atoms. The van der Waals surface area contributed by atoms with Crippen molar-refractivity contribution in [1.82, 2.24) is 0 Å². The van der Waals surface area contributed by atoms with Crippen molar-refractivity contribution in [1.29, 1.82) is 0 Å². The van der Waals surface area contributed by atoms with E-state index in [-0.39, 0.29) is 23.8 Å². The van der Waals surface area contributed by atoms with Gasteiger partial charge in [0.25, 0.3) is 5.91 Å². The van der Waals surface area contributed by atoms with E-state index in [0.29, 0.717) is 17.1 Å². The Balaban J connectivity index is 1.78. The summed E-state index contributed by atoms with van der Waals surface area (Å²) >= 11 is 0. The Morgan fingerprint density at radius 2 is 1.92 bits per heavy atom. The quantitative estimate of drug-likeness (QED) is 0.810. The summed E-state index contributed by atoms with van der Waals surface area (Å²) in [6, 6.07) is 12.0. The summed E-state index contributed by atoms with van der Waals surface area (Å²) in [6.07, 6.45) is 0.0245. The maximum atomic E-state index is 12.6. The molecule has 0 radical (unpaired) electrons. The molecule has 0 aliphatic carbocycles. The van der Waals surface area contributed by atoms with Crippen LogP contribution in [0.25, 0.3) is 0 Å². The molecule has 0 saturated carbocycles. The fourth-order valence-corrected chi connectivity index (χ4v) is 2.68. The lowest BCUT2D eigenvalue weighted by Gasteiger charge is -2.16. The smallest absolute Gasteiger partial charge is 0.335 e. The first-order chi connectivity index (χ1) is 12.0. The molecule has 7 heteroatoms.